The molecule has 2 amide bonds. The Kier molecular flexibility index (Phi) is 5.29. The molecule has 94 valence electrons. The number of nitrogens with zero attached hydrogens (tertiary/aromatic N) is 1. The van der Waals surface area contributed by atoms with Crippen molar-refractivity contribution >= 4 is 11.7 Å². The molecule has 5 nitrogen and oxygen atoms in total. The number of rotatable bonds is 5. The molecule has 1 rings (SSSR count). The Labute approximate surface area is 102 Å². The van der Waals surface area contributed by atoms with E-state index in [-0.39, 0.29) is 6.03 Å². The number of benzene rings is 1. The summed E-state index contributed by atoms with van der Waals surface area (Å²) in [5.74, 6) is 0.715. The van der Waals surface area contributed by atoms with Gasteiger partial charge in [-0.05, 0) is 25.1 Å². The first-order chi connectivity index (χ1) is 8.17. The van der Waals surface area contributed by atoms with Crippen LogP contribution in [0.15, 0.2) is 24.3 Å². The lowest BCUT2D eigenvalue weighted by atomic mass is 10.3. The first-order valence-electron chi connectivity index (χ1n) is 5.53. The number of amides is 2. The predicted octanol–water partition coefficient (Wildman–Crippen LogP) is 1.51. The predicted molar refractivity (Wildman–Crippen MR) is 68.3 cm³/mol. The monoisotopic (exact) mass is 237 g/mol. The third-order valence-corrected chi connectivity index (χ3v) is 2.37. The second-order valence-electron chi connectivity index (χ2n) is 3.73. The van der Waals surface area contributed by atoms with Crippen LogP contribution in [0.25, 0.3) is 0 Å². The molecule has 0 atom stereocenters. The molecule has 0 aliphatic carbocycles. The Morgan fingerprint density at radius 2 is 2.29 bits per heavy atom. The zero-order valence-corrected chi connectivity index (χ0v) is 10.3. The average molecular weight is 237 g/mol. The number of methoxy groups -OCH3 is 1. The molecule has 0 spiro atoms. The molecular weight excluding hydrogens is 218 g/mol. The lowest BCUT2D eigenvalue weighted by molar-refractivity contribution is 0.222. The first-order valence-corrected chi connectivity index (χ1v) is 5.53. The van der Waals surface area contributed by atoms with Gasteiger partial charge in [-0.3, -0.25) is 0 Å². The molecule has 0 saturated carbocycles. The molecule has 0 saturated heterocycles. The van der Waals surface area contributed by atoms with Gasteiger partial charge >= 0.3 is 6.03 Å². The van der Waals surface area contributed by atoms with Crippen molar-refractivity contribution in [1.82, 2.24) is 4.90 Å². The third kappa shape index (κ3) is 4.32. The van der Waals surface area contributed by atoms with Crippen molar-refractivity contribution in [2.75, 3.05) is 32.6 Å². The summed E-state index contributed by atoms with van der Waals surface area (Å²) in [7, 11) is 3.33. The van der Waals surface area contributed by atoms with Gasteiger partial charge in [0.2, 0.25) is 0 Å². The van der Waals surface area contributed by atoms with Crippen LogP contribution in [0, 0.1) is 0 Å². The molecule has 17 heavy (non-hydrogen) atoms. The van der Waals surface area contributed by atoms with Crippen LogP contribution in [0.5, 0.6) is 5.75 Å². The van der Waals surface area contributed by atoms with Crippen LogP contribution >= 0.6 is 0 Å². The maximum Gasteiger partial charge on any atom is 0.321 e. The molecule has 0 fully saturated rings. The van der Waals surface area contributed by atoms with Gasteiger partial charge in [-0.2, -0.15) is 0 Å². The van der Waals surface area contributed by atoms with E-state index in [0.717, 1.165) is 6.42 Å². The van der Waals surface area contributed by atoms with Gasteiger partial charge in [0, 0.05) is 25.3 Å². The smallest absolute Gasteiger partial charge is 0.321 e. The van der Waals surface area contributed by atoms with Crippen molar-refractivity contribution in [2.45, 2.75) is 6.42 Å². The minimum atomic E-state index is -0.147. The van der Waals surface area contributed by atoms with Crippen molar-refractivity contribution in [3.05, 3.63) is 24.3 Å². The molecule has 0 unspecified atom stereocenters. The van der Waals surface area contributed by atoms with Gasteiger partial charge in [0.25, 0.3) is 0 Å². The van der Waals surface area contributed by atoms with Gasteiger partial charge in [-0.25, -0.2) is 4.79 Å². The molecule has 1 aromatic carbocycles. The van der Waals surface area contributed by atoms with Crippen molar-refractivity contribution in [3.8, 4) is 5.75 Å². The van der Waals surface area contributed by atoms with E-state index in [0.29, 0.717) is 24.5 Å². The van der Waals surface area contributed by atoms with Crippen LogP contribution in [0.4, 0.5) is 10.5 Å². The highest BCUT2D eigenvalue weighted by Gasteiger charge is 2.08. The first kappa shape index (κ1) is 13.3. The van der Waals surface area contributed by atoms with Crippen LogP contribution in [-0.4, -0.2) is 38.2 Å². The molecule has 0 bridgehead atoms. The zero-order chi connectivity index (χ0) is 12.7. The van der Waals surface area contributed by atoms with E-state index in [2.05, 4.69) is 5.32 Å². The number of nitrogens with one attached hydrogen (secondary N) is 1. The van der Waals surface area contributed by atoms with Crippen molar-refractivity contribution in [2.24, 2.45) is 5.73 Å². The highest BCUT2D eigenvalue weighted by Crippen LogP contribution is 2.16. The van der Waals surface area contributed by atoms with Crippen LogP contribution in [0.3, 0.4) is 0 Å². The Morgan fingerprint density at radius 3 is 2.94 bits per heavy atom. The Morgan fingerprint density at radius 1 is 1.53 bits per heavy atom. The van der Waals surface area contributed by atoms with Gasteiger partial charge < -0.3 is 20.7 Å². The van der Waals surface area contributed by atoms with Gasteiger partial charge in [-0.1, -0.05) is 6.07 Å². The second-order valence-corrected chi connectivity index (χ2v) is 3.73. The number of ether oxygens (including phenoxy) is 1. The Bertz CT molecular complexity index is 369. The van der Waals surface area contributed by atoms with E-state index in [9.17, 15) is 4.79 Å². The van der Waals surface area contributed by atoms with Gasteiger partial charge in [0.1, 0.15) is 5.75 Å². The minimum absolute atomic E-state index is 0.147. The summed E-state index contributed by atoms with van der Waals surface area (Å²) >= 11 is 0. The number of carbonyl (C=O) groups is 1. The number of carbonyl (C=O) groups excluding carboxylic acids is 1. The quantitative estimate of drug-likeness (QED) is 0.815. The van der Waals surface area contributed by atoms with E-state index in [1.807, 2.05) is 18.2 Å². The summed E-state index contributed by atoms with van der Waals surface area (Å²) in [5.41, 5.74) is 6.11. The molecule has 5 heteroatoms. The fourth-order valence-electron chi connectivity index (χ4n) is 1.35. The Hall–Kier alpha value is -1.75. The molecule has 0 aliphatic rings. The number of anilines is 1. The van der Waals surface area contributed by atoms with Crippen molar-refractivity contribution in [3.63, 3.8) is 0 Å². The fraction of sp³-hybridized carbons (Fsp3) is 0.417. The standard InChI is InChI=1S/C12H19N3O2/c1-15(8-4-7-13)12(16)14-10-5-3-6-11(9-10)17-2/h3,5-6,9H,4,7-8,13H2,1-2H3,(H,14,16). The van der Waals surface area contributed by atoms with Gasteiger partial charge in [-0.15, -0.1) is 0 Å². The van der Waals surface area contributed by atoms with E-state index >= 15 is 0 Å². The number of urea groups is 1. The summed E-state index contributed by atoms with van der Waals surface area (Å²) in [4.78, 5) is 13.4. The molecular formula is C12H19N3O2. The van der Waals surface area contributed by atoms with Crippen molar-refractivity contribution in [1.29, 1.82) is 0 Å². The SMILES string of the molecule is COc1cccc(NC(=O)N(C)CCCN)c1. The maximum atomic E-state index is 11.8. The van der Waals surface area contributed by atoms with E-state index in [4.69, 9.17) is 10.5 Å². The van der Waals surface area contributed by atoms with Gasteiger partial charge in [0.15, 0.2) is 0 Å². The molecule has 1 aromatic rings. The average Bonchev–Trinajstić information content (AvgIpc) is 2.36. The number of hydrogen-bond donors (Lipinski definition) is 2. The van der Waals surface area contributed by atoms with E-state index < -0.39 is 0 Å². The number of nitrogens with two attached hydrogens (primary N) is 1. The fourth-order valence-corrected chi connectivity index (χ4v) is 1.35. The summed E-state index contributed by atoms with van der Waals surface area (Å²) in [6, 6.07) is 7.10. The minimum Gasteiger partial charge on any atom is -0.497 e. The molecule has 0 aromatic heterocycles. The lowest BCUT2D eigenvalue weighted by Crippen LogP contribution is -2.32. The van der Waals surface area contributed by atoms with Crippen molar-refractivity contribution < 1.29 is 9.53 Å². The highest BCUT2D eigenvalue weighted by molar-refractivity contribution is 5.89. The van der Waals surface area contributed by atoms with Crippen LogP contribution in [-0.2, 0) is 0 Å². The molecule has 0 heterocycles. The summed E-state index contributed by atoms with van der Waals surface area (Å²) < 4.78 is 5.08. The van der Waals surface area contributed by atoms with Crippen LogP contribution in [0.1, 0.15) is 6.42 Å². The third-order valence-electron chi connectivity index (χ3n) is 2.37. The normalized spacial score (nSPS) is 9.82. The zero-order valence-electron chi connectivity index (χ0n) is 10.3. The van der Waals surface area contributed by atoms with E-state index in [1.165, 1.54) is 0 Å². The molecule has 0 aliphatic heterocycles. The molecule has 0 radical (unpaired) electrons. The lowest BCUT2D eigenvalue weighted by Gasteiger charge is -2.17. The summed E-state index contributed by atoms with van der Waals surface area (Å²) in [6.07, 6.45) is 0.794. The maximum absolute atomic E-state index is 11.8. The van der Waals surface area contributed by atoms with Crippen LogP contribution < -0.4 is 15.8 Å². The topological polar surface area (TPSA) is 67.6 Å². The summed E-state index contributed by atoms with van der Waals surface area (Å²) in [6.45, 7) is 1.23. The number of hydrogen-bond acceptors (Lipinski definition) is 3. The largest absolute Gasteiger partial charge is 0.497 e. The summed E-state index contributed by atoms with van der Waals surface area (Å²) in [5, 5.41) is 2.79. The molecule has 3 N–H and O–H groups in total. The second kappa shape index (κ2) is 6.75. The van der Waals surface area contributed by atoms with E-state index in [1.54, 1.807) is 25.1 Å². The van der Waals surface area contributed by atoms with Crippen LogP contribution in [0.2, 0.25) is 0 Å². The Balaban J connectivity index is 2.54. The van der Waals surface area contributed by atoms with Gasteiger partial charge in [0.05, 0.1) is 7.11 Å². The highest BCUT2D eigenvalue weighted by atomic mass is 16.5.